The van der Waals surface area contributed by atoms with E-state index in [2.05, 4.69) is 4.74 Å². The Kier molecular flexibility index (Phi) is 7.47. The van der Waals surface area contributed by atoms with E-state index < -0.39 is 33.7 Å². The molecule has 3 rings (SSSR count). The number of benzene rings is 2. The Hall–Kier alpha value is -2.98. The van der Waals surface area contributed by atoms with E-state index in [1.165, 1.54) is 54.9 Å². The number of rotatable bonds is 7. The number of carbonyl (C=O) groups is 2. The lowest BCUT2D eigenvalue weighted by atomic mass is 9.98. The summed E-state index contributed by atoms with van der Waals surface area (Å²) < 4.78 is 56.0. The van der Waals surface area contributed by atoms with Crippen LogP contribution in [0.4, 0.5) is 4.39 Å². The van der Waals surface area contributed by atoms with E-state index in [-0.39, 0.29) is 43.0 Å². The lowest BCUT2D eigenvalue weighted by Gasteiger charge is -2.30. The molecule has 0 saturated carbocycles. The van der Waals surface area contributed by atoms with Crippen molar-refractivity contribution in [1.82, 2.24) is 4.31 Å². The minimum atomic E-state index is -3.94. The maximum atomic E-state index is 13.5. The highest BCUT2D eigenvalue weighted by Gasteiger charge is 2.34. The van der Waals surface area contributed by atoms with Gasteiger partial charge in [0.2, 0.25) is 10.0 Å². The van der Waals surface area contributed by atoms with E-state index in [1.807, 2.05) is 0 Å². The summed E-state index contributed by atoms with van der Waals surface area (Å²) in [7, 11) is -1.32. The van der Waals surface area contributed by atoms with Crippen LogP contribution in [0.5, 0.6) is 5.75 Å². The monoisotopic (exact) mass is 465 g/mol. The molecule has 0 amide bonds. The van der Waals surface area contributed by atoms with Gasteiger partial charge in [0.25, 0.3) is 0 Å². The van der Waals surface area contributed by atoms with Crippen molar-refractivity contribution in [3.05, 3.63) is 59.4 Å². The predicted octanol–water partition coefficient (Wildman–Crippen LogP) is 2.77. The number of methoxy groups -OCH3 is 2. The average Bonchev–Trinajstić information content (AvgIpc) is 2.82. The molecule has 0 aliphatic carbocycles. The van der Waals surface area contributed by atoms with Gasteiger partial charge in [0.05, 0.1) is 30.6 Å². The minimum absolute atomic E-state index is 0.0411. The molecule has 0 aromatic heterocycles. The molecule has 0 atom stereocenters. The van der Waals surface area contributed by atoms with Crippen molar-refractivity contribution in [1.29, 1.82) is 0 Å². The van der Waals surface area contributed by atoms with Crippen LogP contribution in [0.1, 0.15) is 28.8 Å². The van der Waals surface area contributed by atoms with Crippen LogP contribution in [-0.2, 0) is 30.9 Å². The zero-order chi connectivity index (χ0) is 23.3. The highest BCUT2D eigenvalue weighted by atomic mass is 32.2. The largest absolute Gasteiger partial charge is 0.496 e. The van der Waals surface area contributed by atoms with Gasteiger partial charge >= 0.3 is 11.9 Å². The molecule has 2 aromatic carbocycles. The maximum absolute atomic E-state index is 13.5. The first-order valence-electron chi connectivity index (χ1n) is 9.94. The summed E-state index contributed by atoms with van der Waals surface area (Å²) >= 11 is 0. The molecule has 0 unspecified atom stereocenters. The van der Waals surface area contributed by atoms with Crippen LogP contribution >= 0.6 is 0 Å². The molecule has 1 aliphatic rings. The van der Waals surface area contributed by atoms with Crippen LogP contribution in [0.15, 0.2) is 47.4 Å². The summed E-state index contributed by atoms with van der Waals surface area (Å²) in [5.41, 5.74) is 0.362. The second-order valence-corrected chi connectivity index (χ2v) is 9.14. The summed E-state index contributed by atoms with van der Waals surface area (Å²) in [5, 5.41) is 0. The van der Waals surface area contributed by atoms with Gasteiger partial charge in [-0.05, 0) is 43.2 Å². The third-order valence-corrected chi connectivity index (χ3v) is 7.27. The predicted molar refractivity (Wildman–Crippen MR) is 112 cm³/mol. The second-order valence-electron chi connectivity index (χ2n) is 7.23. The lowest BCUT2D eigenvalue weighted by Crippen LogP contribution is -2.41. The molecular formula is C22H24FNO7S. The molecule has 1 fully saturated rings. The zero-order valence-corrected chi connectivity index (χ0v) is 18.6. The van der Waals surface area contributed by atoms with Crippen LogP contribution in [0.2, 0.25) is 0 Å². The molecule has 2 aromatic rings. The van der Waals surface area contributed by atoms with Gasteiger partial charge < -0.3 is 14.2 Å². The Morgan fingerprint density at radius 1 is 1.09 bits per heavy atom. The lowest BCUT2D eigenvalue weighted by molar-refractivity contribution is -0.151. The summed E-state index contributed by atoms with van der Waals surface area (Å²) in [6, 6.07) is 9.77. The molecular weight excluding hydrogens is 441 g/mol. The van der Waals surface area contributed by atoms with E-state index in [4.69, 9.17) is 9.47 Å². The third kappa shape index (κ3) is 5.08. The summed E-state index contributed by atoms with van der Waals surface area (Å²) in [6.07, 6.45) is 0.525. The summed E-state index contributed by atoms with van der Waals surface area (Å²) in [6.45, 7) is 0.0482. The number of sulfonamides is 1. The minimum Gasteiger partial charge on any atom is -0.496 e. The van der Waals surface area contributed by atoms with E-state index >= 15 is 0 Å². The Labute approximate surface area is 185 Å². The van der Waals surface area contributed by atoms with Gasteiger partial charge in [-0.15, -0.1) is 0 Å². The van der Waals surface area contributed by atoms with E-state index in [1.54, 1.807) is 6.07 Å². The molecule has 172 valence electrons. The summed E-state index contributed by atoms with van der Waals surface area (Å²) in [5.74, 6) is -1.78. The van der Waals surface area contributed by atoms with Gasteiger partial charge in [0, 0.05) is 18.7 Å². The second kappa shape index (κ2) is 10.1. The van der Waals surface area contributed by atoms with E-state index in [0.717, 1.165) is 0 Å². The van der Waals surface area contributed by atoms with Gasteiger partial charge in [0.15, 0.2) is 0 Å². The number of hydrogen-bond acceptors (Lipinski definition) is 7. The number of carbonyl (C=O) groups excluding carboxylic acids is 2. The quantitative estimate of drug-likeness (QED) is 0.580. The number of hydrogen-bond donors (Lipinski definition) is 0. The Balaban J connectivity index is 1.63. The van der Waals surface area contributed by atoms with Gasteiger partial charge in [-0.1, -0.05) is 12.1 Å². The molecule has 0 bridgehead atoms. The number of esters is 2. The SMILES string of the molecule is COC(=O)c1ccccc1S(=O)(=O)N1CCC(C(=O)OCc2cc(F)ccc2OC)CC1. The van der Waals surface area contributed by atoms with Crippen LogP contribution in [-0.4, -0.2) is 52.0 Å². The maximum Gasteiger partial charge on any atom is 0.339 e. The number of nitrogens with zero attached hydrogens (tertiary/aromatic N) is 1. The number of piperidine rings is 1. The first-order valence-corrected chi connectivity index (χ1v) is 11.4. The van der Waals surface area contributed by atoms with Crippen molar-refractivity contribution in [2.24, 2.45) is 5.92 Å². The van der Waals surface area contributed by atoms with Crippen molar-refractivity contribution in [2.75, 3.05) is 27.3 Å². The molecule has 1 saturated heterocycles. The van der Waals surface area contributed by atoms with Gasteiger partial charge in [-0.2, -0.15) is 4.31 Å². The number of ether oxygens (including phenoxy) is 3. The van der Waals surface area contributed by atoms with Gasteiger partial charge in [-0.3, -0.25) is 4.79 Å². The molecule has 1 heterocycles. The normalized spacial score (nSPS) is 15.2. The van der Waals surface area contributed by atoms with Crippen LogP contribution in [0.25, 0.3) is 0 Å². The van der Waals surface area contributed by atoms with Crippen LogP contribution in [0, 0.1) is 11.7 Å². The van der Waals surface area contributed by atoms with Crippen molar-refractivity contribution in [2.45, 2.75) is 24.3 Å². The van der Waals surface area contributed by atoms with Crippen LogP contribution in [0.3, 0.4) is 0 Å². The molecule has 0 N–H and O–H groups in total. The fourth-order valence-electron chi connectivity index (χ4n) is 3.57. The van der Waals surface area contributed by atoms with Crippen molar-refractivity contribution in [3.63, 3.8) is 0 Å². The van der Waals surface area contributed by atoms with Crippen molar-refractivity contribution < 1.29 is 36.6 Å². The molecule has 0 spiro atoms. The molecule has 1 aliphatic heterocycles. The third-order valence-electron chi connectivity index (χ3n) is 5.31. The summed E-state index contributed by atoms with van der Waals surface area (Å²) in [4.78, 5) is 24.3. The van der Waals surface area contributed by atoms with Crippen molar-refractivity contribution >= 4 is 22.0 Å². The molecule has 0 radical (unpaired) electrons. The van der Waals surface area contributed by atoms with Gasteiger partial charge in [0.1, 0.15) is 18.2 Å². The highest BCUT2D eigenvalue weighted by Crippen LogP contribution is 2.27. The number of halogens is 1. The molecule has 10 heteroatoms. The van der Waals surface area contributed by atoms with E-state index in [9.17, 15) is 22.4 Å². The Morgan fingerprint density at radius 3 is 2.44 bits per heavy atom. The highest BCUT2D eigenvalue weighted by molar-refractivity contribution is 7.89. The fourth-order valence-corrected chi connectivity index (χ4v) is 5.22. The molecule has 32 heavy (non-hydrogen) atoms. The first-order chi connectivity index (χ1) is 15.3. The molecule has 8 nitrogen and oxygen atoms in total. The average molecular weight is 465 g/mol. The Morgan fingerprint density at radius 2 is 1.78 bits per heavy atom. The van der Waals surface area contributed by atoms with Gasteiger partial charge in [-0.25, -0.2) is 17.6 Å². The Bertz CT molecular complexity index is 1100. The fraction of sp³-hybridized carbons (Fsp3) is 0.364. The smallest absolute Gasteiger partial charge is 0.339 e. The zero-order valence-electron chi connectivity index (χ0n) is 17.7. The van der Waals surface area contributed by atoms with E-state index in [0.29, 0.717) is 11.3 Å². The van der Waals surface area contributed by atoms with Crippen molar-refractivity contribution in [3.8, 4) is 5.75 Å². The standard InChI is InChI=1S/C22H24FNO7S/c1-29-19-8-7-17(23)13-16(19)14-31-21(25)15-9-11-24(12-10-15)32(27,28)20-6-4-3-5-18(20)22(26)30-2/h3-8,13,15H,9-12,14H2,1-2H3. The topological polar surface area (TPSA) is 99.2 Å². The first kappa shape index (κ1) is 23.7. The van der Waals surface area contributed by atoms with Crippen LogP contribution < -0.4 is 4.74 Å².